The van der Waals surface area contributed by atoms with Gasteiger partial charge in [0.05, 0.1) is 5.02 Å². The Morgan fingerprint density at radius 3 is 2.43 bits per heavy atom. The summed E-state index contributed by atoms with van der Waals surface area (Å²) in [5, 5.41) is 0.587. The van der Waals surface area contributed by atoms with Gasteiger partial charge in [-0.3, -0.25) is 0 Å². The maximum Gasteiger partial charge on any atom is 0.139 e. The lowest BCUT2D eigenvalue weighted by molar-refractivity contribution is 0.217. The number of ether oxygens (including phenoxy) is 2. The fourth-order valence-corrected chi connectivity index (χ4v) is 2.33. The molecule has 21 heavy (non-hydrogen) atoms. The van der Waals surface area contributed by atoms with E-state index in [1.165, 1.54) is 5.56 Å². The van der Waals surface area contributed by atoms with Crippen molar-refractivity contribution in [3.8, 4) is 11.5 Å². The van der Waals surface area contributed by atoms with Crippen molar-refractivity contribution in [1.82, 2.24) is 0 Å². The minimum absolute atomic E-state index is 0.431. The van der Waals surface area contributed by atoms with Crippen molar-refractivity contribution in [3.63, 3.8) is 0 Å². The summed E-state index contributed by atoms with van der Waals surface area (Å²) in [7, 11) is 0. The van der Waals surface area contributed by atoms with Crippen LogP contribution >= 0.6 is 27.5 Å². The molecule has 0 amide bonds. The van der Waals surface area contributed by atoms with Crippen molar-refractivity contribution in [1.29, 1.82) is 0 Å². The second kappa shape index (κ2) is 8.27. The summed E-state index contributed by atoms with van der Waals surface area (Å²) in [5.41, 5.74) is 6.72. The standard InChI is InChI=1S/C16H17BrClNO2/c17-13-3-6-15(18)16(11-13)21-10-9-20-14-4-1-12(2-5-14)7-8-19/h1-6,11H,7-10,19H2. The van der Waals surface area contributed by atoms with Gasteiger partial charge >= 0.3 is 0 Å². The lowest BCUT2D eigenvalue weighted by Crippen LogP contribution is -2.09. The molecule has 0 saturated carbocycles. The number of rotatable bonds is 7. The Hall–Kier alpha value is -1.23. The third-order valence-corrected chi connectivity index (χ3v) is 3.66. The lowest BCUT2D eigenvalue weighted by atomic mass is 10.1. The van der Waals surface area contributed by atoms with Gasteiger partial charge in [-0.25, -0.2) is 0 Å². The molecule has 3 nitrogen and oxygen atoms in total. The van der Waals surface area contributed by atoms with Crippen LogP contribution < -0.4 is 15.2 Å². The molecule has 2 aromatic carbocycles. The molecule has 0 spiro atoms. The van der Waals surface area contributed by atoms with Gasteiger partial charge < -0.3 is 15.2 Å². The molecule has 0 aliphatic heterocycles. The van der Waals surface area contributed by atoms with E-state index in [1.807, 2.05) is 36.4 Å². The van der Waals surface area contributed by atoms with Gasteiger partial charge in [0, 0.05) is 4.47 Å². The van der Waals surface area contributed by atoms with E-state index in [2.05, 4.69) is 15.9 Å². The number of hydrogen-bond donors (Lipinski definition) is 1. The van der Waals surface area contributed by atoms with E-state index in [9.17, 15) is 0 Å². The van der Waals surface area contributed by atoms with Crippen molar-refractivity contribution in [3.05, 3.63) is 57.5 Å². The van der Waals surface area contributed by atoms with Crippen LogP contribution in [-0.4, -0.2) is 19.8 Å². The molecule has 0 saturated heterocycles. The summed E-state index contributed by atoms with van der Waals surface area (Å²) in [5.74, 6) is 1.47. The van der Waals surface area contributed by atoms with E-state index in [-0.39, 0.29) is 0 Å². The van der Waals surface area contributed by atoms with Gasteiger partial charge in [-0.15, -0.1) is 0 Å². The average molecular weight is 371 g/mol. The Bertz CT molecular complexity index is 575. The third kappa shape index (κ3) is 5.23. The van der Waals surface area contributed by atoms with E-state index < -0.39 is 0 Å². The molecule has 0 fully saturated rings. The molecule has 0 aliphatic rings. The Balaban J connectivity index is 1.77. The van der Waals surface area contributed by atoms with Crippen molar-refractivity contribution in [2.75, 3.05) is 19.8 Å². The number of benzene rings is 2. The van der Waals surface area contributed by atoms with Crippen molar-refractivity contribution < 1.29 is 9.47 Å². The zero-order valence-corrected chi connectivity index (χ0v) is 13.9. The van der Waals surface area contributed by atoms with Gasteiger partial charge in [-0.1, -0.05) is 39.7 Å². The Labute approximate surface area is 138 Å². The molecule has 0 bridgehead atoms. The molecule has 0 radical (unpaired) electrons. The zero-order chi connectivity index (χ0) is 15.1. The molecule has 0 aliphatic carbocycles. The number of halogens is 2. The van der Waals surface area contributed by atoms with Gasteiger partial charge in [0.25, 0.3) is 0 Å². The molecule has 0 unspecified atom stereocenters. The molecular weight excluding hydrogens is 354 g/mol. The predicted octanol–water partition coefficient (Wildman–Crippen LogP) is 4.06. The van der Waals surface area contributed by atoms with E-state index in [4.69, 9.17) is 26.8 Å². The third-order valence-electron chi connectivity index (χ3n) is 2.86. The molecule has 2 N–H and O–H groups in total. The average Bonchev–Trinajstić information content (AvgIpc) is 2.49. The van der Waals surface area contributed by atoms with Crippen LogP contribution in [0.15, 0.2) is 46.9 Å². The van der Waals surface area contributed by atoms with Crippen LogP contribution in [0.2, 0.25) is 5.02 Å². The minimum Gasteiger partial charge on any atom is -0.490 e. The smallest absolute Gasteiger partial charge is 0.139 e. The van der Waals surface area contributed by atoms with Crippen LogP contribution in [0.5, 0.6) is 11.5 Å². The lowest BCUT2D eigenvalue weighted by Gasteiger charge is -2.10. The molecular formula is C16H17BrClNO2. The van der Waals surface area contributed by atoms with Gasteiger partial charge in [-0.05, 0) is 48.9 Å². The van der Waals surface area contributed by atoms with Crippen LogP contribution in [-0.2, 0) is 6.42 Å². The van der Waals surface area contributed by atoms with E-state index in [0.29, 0.717) is 30.5 Å². The summed E-state index contributed by atoms with van der Waals surface area (Å²) in [4.78, 5) is 0. The van der Waals surface area contributed by atoms with Gasteiger partial charge in [0.15, 0.2) is 0 Å². The van der Waals surface area contributed by atoms with Crippen molar-refractivity contribution >= 4 is 27.5 Å². The Morgan fingerprint density at radius 2 is 1.71 bits per heavy atom. The van der Waals surface area contributed by atoms with Crippen LogP contribution in [0.3, 0.4) is 0 Å². The Morgan fingerprint density at radius 1 is 1.00 bits per heavy atom. The largest absolute Gasteiger partial charge is 0.490 e. The summed E-state index contributed by atoms with van der Waals surface area (Å²) < 4.78 is 12.1. The van der Waals surface area contributed by atoms with Crippen molar-refractivity contribution in [2.45, 2.75) is 6.42 Å². The summed E-state index contributed by atoms with van der Waals surface area (Å²) in [6.07, 6.45) is 0.880. The van der Waals surface area contributed by atoms with E-state index >= 15 is 0 Å². The fourth-order valence-electron chi connectivity index (χ4n) is 1.82. The van der Waals surface area contributed by atoms with Gasteiger partial charge in [0.2, 0.25) is 0 Å². The summed E-state index contributed by atoms with van der Waals surface area (Å²) in [6.45, 7) is 1.54. The molecule has 0 heterocycles. The van der Waals surface area contributed by atoms with Crippen molar-refractivity contribution in [2.24, 2.45) is 5.73 Å². The topological polar surface area (TPSA) is 44.5 Å². The minimum atomic E-state index is 0.431. The molecule has 2 rings (SSSR count). The van der Waals surface area contributed by atoms with Gasteiger partial charge in [-0.2, -0.15) is 0 Å². The highest BCUT2D eigenvalue weighted by atomic mass is 79.9. The monoisotopic (exact) mass is 369 g/mol. The highest BCUT2D eigenvalue weighted by Crippen LogP contribution is 2.27. The van der Waals surface area contributed by atoms with Crippen LogP contribution in [0.25, 0.3) is 0 Å². The van der Waals surface area contributed by atoms with E-state index in [1.54, 1.807) is 6.07 Å². The first kappa shape index (κ1) is 16.1. The number of nitrogens with two attached hydrogens (primary N) is 1. The maximum absolute atomic E-state index is 6.04. The Kier molecular flexibility index (Phi) is 6.36. The SMILES string of the molecule is NCCc1ccc(OCCOc2cc(Br)ccc2Cl)cc1. The molecule has 5 heteroatoms. The molecule has 0 atom stereocenters. The van der Waals surface area contributed by atoms with Gasteiger partial charge in [0.1, 0.15) is 24.7 Å². The normalized spacial score (nSPS) is 10.4. The van der Waals surface area contributed by atoms with Crippen LogP contribution in [0.4, 0.5) is 0 Å². The second-order valence-electron chi connectivity index (χ2n) is 4.45. The molecule has 0 aromatic heterocycles. The molecule has 112 valence electrons. The second-order valence-corrected chi connectivity index (χ2v) is 5.78. The first-order valence-electron chi connectivity index (χ1n) is 6.68. The zero-order valence-electron chi connectivity index (χ0n) is 11.5. The van der Waals surface area contributed by atoms with Crippen LogP contribution in [0.1, 0.15) is 5.56 Å². The quantitative estimate of drug-likeness (QED) is 0.748. The number of hydrogen-bond acceptors (Lipinski definition) is 3. The predicted molar refractivity (Wildman–Crippen MR) is 89.3 cm³/mol. The first-order valence-corrected chi connectivity index (χ1v) is 7.86. The van der Waals surface area contributed by atoms with E-state index in [0.717, 1.165) is 16.6 Å². The fraction of sp³-hybridized carbons (Fsp3) is 0.250. The highest BCUT2D eigenvalue weighted by molar-refractivity contribution is 9.10. The maximum atomic E-state index is 6.04. The molecule has 2 aromatic rings. The summed E-state index contributed by atoms with van der Waals surface area (Å²) >= 11 is 9.43. The van der Waals surface area contributed by atoms with Crippen LogP contribution in [0, 0.1) is 0 Å². The first-order chi connectivity index (χ1) is 10.2. The summed E-state index contributed by atoms with van der Waals surface area (Å²) in [6, 6.07) is 13.4. The highest BCUT2D eigenvalue weighted by Gasteiger charge is 2.02.